The highest BCUT2D eigenvalue weighted by Crippen LogP contribution is 2.37. The summed E-state index contributed by atoms with van der Waals surface area (Å²) in [5.74, 6) is 1.09. The second-order valence-electron chi connectivity index (χ2n) is 4.90. The van der Waals surface area contributed by atoms with Crippen molar-refractivity contribution in [2.24, 2.45) is 11.7 Å². The number of hydrogen-bond acceptors (Lipinski definition) is 5. The van der Waals surface area contributed by atoms with Gasteiger partial charge in [0.2, 0.25) is 0 Å². The van der Waals surface area contributed by atoms with Gasteiger partial charge in [-0.25, -0.2) is 0 Å². The van der Waals surface area contributed by atoms with Crippen molar-refractivity contribution < 1.29 is 9.66 Å². The zero-order chi connectivity index (χ0) is 14.0. The summed E-state index contributed by atoms with van der Waals surface area (Å²) in [6.07, 6.45) is 2.36. The minimum absolute atomic E-state index is 0.0350. The number of nitro benzene ring substituents is 1. The van der Waals surface area contributed by atoms with Crippen LogP contribution in [0.2, 0.25) is 0 Å². The molecule has 1 unspecified atom stereocenters. The third-order valence-electron chi connectivity index (χ3n) is 3.63. The summed E-state index contributed by atoms with van der Waals surface area (Å²) in [6, 6.07) is 5.02. The smallest absolute Gasteiger partial charge is 0.275 e. The average molecular weight is 265 g/mol. The topological polar surface area (TPSA) is 81.6 Å². The van der Waals surface area contributed by atoms with Gasteiger partial charge in [0.05, 0.1) is 18.1 Å². The normalized spacial score (nSPS) is 15.9. The van der Waals surface area contributed by atoms with Gasteiger partial charge in [-0.3, -0.25) is 10.1 Å². The largest absolute Gasteiger partial charge is 0.496 e. The first kappa shape index (κ1) is 13.6. The first-order chi connectivity index (χ1) is 9.06. The highest BCUT2D eigenvalue weighted by Gasteiger charge is 2.33. The van der Waals surface area contributed by atoms with Crippen molar-refractivity contribution in [3.8, 4) is 5.75 Å². The van der Waals surface area contributed by atoms with Gasteiger partial charge in [0.15, 0.2) is 0 Å². The number of anilines is 1. The number of hydrogen-bond donors (Lipinski definition) is 1. The van der Waals surface area contributed by atoms with Gasteiger partial charge in [-0.2, -0.15) is 0 Å². The van der Waals surface area contributed by atoms with E-state index in [1.54, 1.807) is 12.1 Å². The summed E-state index contributed by atoms with van der Waals surface area (Å²) in [5.41, 5.74) is 6.62. The molecule has 0 aliphatic heterocycles. The molecule has 0 saturated heterocycles. The summed E-state index contributed by atoms with van der Waals surface area (Å²) in [5, 5.41) is 10.9. The van der Waals surface area contributed by atoms with E-state index in [0.29, 0.717) is 18.2 Å². The number of rotatable bonds is 6. The Bertz CT molecular complexity index is 474. The van der Waals surface area contributed by atoms with Crippen LogP contribution in [0.5, 0.6) is 5.75 Å². The molecule has 19 heavy (non-hydrogen) atoms. The Morgan fingerprint density at radius 2 is 2.21 bits per heavy atom. The van der Waals surface area contributed by atoms with E-state index in [1.165, 1.54) is 26.0 Å². The molecule has 1 aliphatic carbocycles. The Kier molecular flexibility index (Phi) is 3.90. The number of likely N-dealkylation sites (N-methyl/N-ethyl adjacent to an activating group) is 1. The molecule has 1 aromatic rings. The van der Waals surface area contributed by atoms with Crippen LogP contribution in [0.3, 0.4) is 0 Å². The number of ether oxygens (including phenoxy) is 1. The van der Waals surface area contributed by atoms with E-state index in [4.69, 9.17) is 10.5 Å². The van der Waals surface area contributed by atoms with Gasteiger partial charge >= 0.3 is 0 Å². The minimum Gasteiger partial charge on any atom is -0.496 e. The predicted octanol–water partition coefficient (Wildman–Crippen LogP) is 1.78. The van der Waals surface area contributed by atoms with Crippen LogP contribution in [0.4, 0.5) is 11.4 Å². The maximum Gasteiger partial charge on any atom is 0.275 e. The van der Waals surface area contributed by atoms with Crippen LogP contribution in [0.15, 0.2) is 18.2 Å². The fourth-order valence-corrected chi connectivity index (χ4v) is 2.33. The summed E-state index contributed by atoms with van der Waals surface area (Å²) in [4.78, 5) is 12.5. The number of benzene rings is 1. The molecule has 2 rings (SSSR count). The lowest BCUT2D eigenvalue weighted by atomic mass is 10.1. The fraction of sp³-hybridized carbons (Fsp3) is 0.538. The molecule has 1 aromatic carbocycles. The third-order valence-corrected chi connectivity index (χ3v) is 3.63. The van der Waals surface area contributed by atoms with Gasteiger partial charge in [0.1, 0.15) is 5.75 Å². The summed E-state index contributed by atoms with van der Waals surface area (Å²) in [7, 11) is 3.43. The van der Waals surface area contributed by atoms with Gasteiger partial charge < -0.3 is 15.4 Å². The Morgan fingerprint density at radius 3 is 2.68 bits per heavy atom. The molecule has 0 radical (unpaired) electrons. The summed E-state index contributed by atoms with van der Waals surface area (Å²) >= 11 is 0. The Balaban J connectivity index is 2.31. The van der Waals surface area contributed by atoms with Crippen molar-refractivity contribution in [2.45, 2.75) is 18.9 Å². The molecule has 0 heterocycles. The van der Waals surface area contributed by atoms with Gasteiger partial charge in [-0.15, -0.1) is 0 Å². The molecule has 1 saturated carbocycles. The Morgan fingerprint density at radius 1 is 1.53 bits per heavy atom. The van der Waals surface area contributed by atoms with Crippen LogP contribution in [0, 0.1) is 16.0 Å². The summed E-state index contributed by atoms with van der Waals surface area (Å²) in [6.45, 7) is 0.548. The lowest BCUT2D eigenvalue weighted by Gasteiger charge is -2.29. The van der Waals surface area contributed by atoms with Crippen LogP contribution >= 0.6 is 0 Å². The molecule has 1 fully saturated rings. The van der Waals surface area contributed by atoms with Gasteiger partial charge in [-0.1, -0.05) is 0 Å². The van der Waals surface area contributed by atoms with E-state index in [1.807, 2.05) is 11.9 Å². The molecule has 1 aliphatic rings. The maximum absolute atomic E-state index is 10.9. The molecule has 2 N–H and O–H groups in total. The van der Waals surface area contributed by atoms with Crippen molar-refractivity contribution in [1.82, 2.24) is 0 Å². The highest BCUT2D eigenvalue weighted by atomic mass is 16.6. The molecule has 0 aromatic heterocycles. The van der Waals surface area contributed by atoms with E-state index < -0.39 is 4.92 Å². The lowest BCUT2D eigenvalue weighted by Crippen LogP contribution is -2.39. The number of nitrogens with two attached hydrogens (primary N) is 1. The highest BCUT2D eigenvalue weighted by molar-refractivity contribution is 5.58. The number of methoxy groups -OCH3 is 1. The molecular formula is C13H19N3O3. The monoisotopic (exact) mass is 265 g/mol. The van der Waals surface area contributed by atoms with E-state index in [-0.39, 0.29) is 11.7 Å². The van der Waals surface area contributed by atoms with Gasteiger partial charge in [-0.05, 0) is 18.8 Å². The number of nitro groups is 1. The molecule has 0 bridgehead atoms. The van der Waals surface area contributed by atoms with Crippen LogP contribution in [-0.4, -0.2) is 31.7 Å². The second kappa shape index (κ2) is 5.44. The van der Waals surface area contributed by atoms with E-state index >= 15 is 0 Å². The zero-order valence-corrected chi connectivity index (χ0v) is 11.2. The van der Waals surface area contributed by atoms with E-state index in [2.05, 4.69) is 0 Å². The molecule has 6 heteroatoms. The van der Waals surface area contributed by atoms with Crippen LogP contribution in [0.25, 0.3) is 0 Å². The molecule has 1 atom stereocenters. The van der Waals surface area contributed by atoms with E-state index in [9.17, 15) is 10.1 Å². The van der Waals surface area contributed by atoms with Crippen molar-refractivity contribution in [3.05, 3.63) is 28.3 Å². The molecular weight excluding hydrogens is 246 g/mol. The van der Waals surface area contributed by atoms with Crippen LogP contribution in [-0.2, 0) is 0 Å². The molecule has 6 nitrogen and oxygen atoms in total. The zero-order valence-electron chi connectivity index (χ0n) is 11.2. The second-order valence-corrected chi connectivity index (χ2v) is 4.90. The molecule has 0 spiro atoms. The predicted molar refractivity (Wildman–Crippen MR) is 73.6 cm³/mol. The Hall–Kier alpha value is -1.82. The van der Waals surface area contributed by atoms with Crippen molar-refractivity contribution in [1.29, 1.82) is 0 Å². The van der Waals surface area contributed by atoms with E-state index in [0.717, 1.165) is 5.69 Å². The van der Waals surface area contributed by atoms with Crippen LogP contribution < -0.4 is 15.4 Å². The first-order valence-corrected chi connectivity index (χ1v) is 6.33. The average Bonchev–Trinajstić information content (AvgIpc) is 3.23. The lowest BCUT2D eigenvalue weighted by molar-refractivity contribution is -0.384. The number of nitrogens with zero attached hydrogens (tertiary/aromatic N) is 2. The SMILES string of the molecule is COc1cc(N(C)C(CN)C2CC2)cc([N+](=O)[O-])c1. The molecule has 0 amide bonds. The molecule has 104 valence electrons. The fourth-order valence-electron chi connectivity index (χ4n) is 2.33. The van der Waals surface area contributed by atoms with Crippen molar-refractivity contribution in [2.75, 3.05) is 25.6 Å². The van der Waals surface area contributed by atoms with Crippen molar-refractivity contribution in [3.63, 3.8) is 0 Å². The minimum atomic E-state index is -0.408. The van der Waals surface area contributed by atoms with Gasteiger partial charge in [0, 0.05) is 37.5 Å². The van der Waals surface area contributed by atoms with Crippen molar-refractivity contribution >= 4 is 11.4 Å². The quantitative estimate of drug-likeness (QED) is 0.626. The standard InChI is InChI=1S/C13H19N3O3/c1-15(13(8-14)9-3-4-9)10-5-11(16(17)18)7-12(6-10)19-2/h5-7,9,13H,3-4,8,14H2,1-2H3. The number of non-ortho nitro benzene ring substituents is 1. The summed E-state index contributed by atoms with van der Waals surface area (Å²) < 4.78 is 5.12. The van der Waals surface area contributed by atoms with Gasteiger partial charge in [0.25, 0.3) is 5.69 Å². The first-order valence-electron chi connectivity index (χ1n) is 6.33. The third kappa shape index (κ3) is 2.96. The maximum atomic E-state index is 10.9. The Labute approximate surface area is 112 Å². The van der Waals surface area contributed by atoms with Crippen LogP contribution in [0.1, 0.15) is 12.8 Å².